The summed E-state index contributed by atoms with van der Waals surface area (Å²) in [6.07, 6.45) is 0. The monoisotopic (exact) mass is 322 g/mol. The maximum atomic E-state index is 12.4. The molecule has 0 atom stereocenters. The summed E-state index contributed by atoms with van der Waals surface area (Å²) in [5.41, 5.74) is 0.761. The second kappa shape index (κ2) is 8.26. The van der Waals surface area contributed by atoms with Crippen LogP contribution in [-0.4, -0.2) is 54.6 Å². The molecule has 0 heterocycles. The van der Waals surface area contributed by atoms with Gasteiger partial charge in [-0.2, -0.15) is 8.78 Å². The van der Waals surface area contributed by atoms with Gasteiger partial charge in [0.25, 0.3) is 0 Å². The number of benzene rings is 1. The number of nitrogens with zero attached hydrogens (tertiary/aromatic N) is 1. The number of sulfone groups is 1. The van der Waals surface area contributed by atoms with Crippen molar-refractivity contribution in [3.63, 3.8) is 0 Å². The third kappa shape index (κ3) is 5.22. The van der Waals surface area contributed by atoms with E-state index in [9.17, 15) is 17.2 Å². The molecule has 0 bridgehead atoms. The Hall–Kier alpha value is -1.25. The summed E-state index contributed by atoms with van der Waals surface area (Å²) in [6, 6.07) is 5.44. The molecule has 1 rings (SSSR count). The SMILES string of the molecule is COCCNCCN(C)c1ccc(S(=O)(=O)C(F)F)cc1. The van der Waals surface area contributed by atoms with Crippen LogP contribution in [0, 0.1) is 0 Å². The number of anilines is 1. The predicted octanol–water partition coefficient (Wildman–Crippen LogP) is 1.36. The van der Waals surface area contributed by atoms with Crippen LogP contribution in [-0.2, 0) is 14.6 Å². The van der Waals surface area contributed by atoms with Crippen LogP contribution < -0.4 is 10.2 Å². The first kappa shape index (κ1) is 17.8. The second-order valence-electron chi connectivity index (χ2n) is 4.46. The highest BCUT2D eigenvalue weighted by molar-refractivity contribution is 7.91. The standard InChI is InChI=1S/C13H20F2N2O3S/c1-17(9-7-16-8-10-20-2)11-3-5-12(6-4-11)21(18,19)13(14)15/h3-6,13,16H,7-10H2,1-2H3. The van der Waals surface area contributed by atoms with E-state index in [-0.39, 0.29) is 4.90 Å². The minimum atomic E-state index is -4.52. The molecule has 0 spiro atoms. The van der Waals surface area contributed by atoms with E-state index in [2.05, 4.69) is 5.32 Å². The first-order chi connectivity index (χ1) is 9.89. The quantitative estimate of drug-likeness (QED) is 0.696. The van der Waals surface area contributed by atoms with Crippen molar-refractivity contribution in [2.45, 2.75) is 10.7 Å². The summed E-state index contributed by atoms with van der Waals surface area (Å²) < 4.78 is 52.3. The molecule has 0 aliphatic carbocycles. The molecule has 21 heavy (non-hydrogen) atoms. The molecule has 0 aliphatic rings. The Labute approximate surface area is 123 Å². The Morgan fingerprint density at radius 2 is 1.86 bits per heavy atom. The maximum Gasteiger partial charge on any atom is 0.341 e. The fourth-order valence-electron chi connectivity index (χ4n) is 1.67. The van der Waals surface area contributed by atoms with Crippen LogP contribution in [0.3, 0.4) is 0 Å². The molecule has 1 aromatic carbocycles. The fraction of sp³-hybridized carbons (Fsp3) is 0.538. The van der Waals surface area contributed by atoms with Gasteiger partial charge < -0.3 is 15.0 Å². The largest absolute Gasteiger partial charge is 0.383 e. The van der Waals surface area contributed by atoms with Crippen molar-refractivity contribution in [2.24, 2.45) is 0 Å². The number of likely N-dealkylation sites (N-methyl/N-ethyl adjacent to an activating group) is 1. The third-order valence-corrected chi connectivity index (χ3v) is 4.35. The van der Waals surface area contributed by atoms with Gasteiger partial charge in [0.2, 0.25) is 9.84 Å². The first-order valence-electron chi connectivity index (χ1n) is 6.42. The van der Waals surface area contributed by atoms with Gasteiger partial charge in [-0.25, -0.2) is 8.42 Å². The lowest BCUT2D eigenvalue weighted by Crippen LogP contribution is -2.30. The molecule has 1 N–H and O–H groups in total. The minimum absolute atomic E-state index is 0.368. The van der Waals surface area contributed by atoms with Crippen molar-refractivity contribution in [1.82, 2.24) is 5.32 Å². The summed E-state index contributed by atoms with van der Waals surface area (Å²) in [7, 11) is -1.05. The summed E-state index contributed by atoms with van der Waals surface area (Å²) in [4.78, 5) is 1.53. The zero-order chi connectivity index (χ0) is 15.9. The summed E-state index contributed by atoms with van der Waals surface area (Å²) in [5.74, 6) is -3.40. The van der Waals surface area contributed by atoms with Gasteiger partial charge in [0.05, 0.1) is 11.5 Å². The Kier molecular flexibility index (Phi) is 7.00. The predicted molar refractivity (Wildman–Crippen MR) is 77.6 cm³/mol. The smallest absolute Gasteiger partial charge is 0.341 e. The molecule has 5 nitrogen and oxygen atoms in total. The van der Waals surface area contributed by atoms with Gasteiger partial charge in [0.1, 0.15) is 0 Å². The number of rotatable bonds is 9. The molecule has 0 saturated carbocycles. The molecule has 0 fully saturated rings. The molecule has 0 radical (unpaired) electrons. The zero-order valence-corrected chi connectivity index (χ0v) is 12.9. The van der Waals surface area contributed by atoms with E-state index < -0.39 is 15.6 Å². The van der Waals surface area contributed by atoms with E-state index in [0.29, 0.717) is 13.2 Å². The Morgan fingerprint density at radius 1 is 1.24 bits per heavy atom. The number of ether oxygens (including phenoxy) is 1. The zero-order valence-electron chi connectivity index (χ0n) is 12.1. The molecule has 0 amide bonds. The summed E-state index contributed by atoms with van der Waals surface area (Å²) in [6.45, 7) is 2.81. The number of nitrogens with one attached hydrogen (secondary N) is 1. The highest BCUT2D eigenvalue weighted by atomic mass is 32.2. The first-order valence-corrected chi connectivity index (χ1v) is 7.97. The average Bonchev–Trinajstić information content (AvgIpc) is 2.46. The Balaban J connectivity index is 2.58. The van der Waals surface area contributed by atoms with Gasteiger partial charge in [0.15, 0.2) is 0 Å². The summed E-state index contributed by atoms with van der Waals surface area (Å²) in [5, 5.41) is 3.18. The second-order valence-corrected chi connectivity index (χ2v) is 6.38. The van der Waals surface area contributed by atoms with Crippen molar-refractivity contribution in [2.75, 3.05) is 45.3 Å². The van der Waals surface area contributed by atoms with E-state index in [4.69, 9.17) is 4.74 Å². The lowest BCUT2D eigenvalue weighted by Gasteiger charge is -2.19. The molecule has 0 saturated heterocycles. The van der Waals surface area contributed by atoms with E-state index in [1.165, 1.54) is 24.3 Å². The van der Waals surface area contributed by atoms with E-state index in [0.717, 1.165) is 18.8 Å². The lowest BCUT2D eigenvalue weighted by atomic mass is 10.3. The van der Waals surface area contributed by atoms with Crippen LogP contribution in [0.15, 0.2) is 29.2 Å². The maximum absolute atomic E-state index is 12.4. The topological polar surface area (TPSA) is 58.6 Å². The Morgan fingerprint density at radius 3 is 2.38 bits per heavy atom. The highest BCUT2D eigenvalue weighted by Gasteiger charge is 2.26. The van der Waals surface area contributed by atoms with E-state index in [1.807, 2.05) is 11.9 Å². The van der Waals surface area contributed by atoms with Crippen LogP contribution in [0.5, 0.6) is 0 Å². The fourth-order valence-corrected chi connectivity index (χ4v) is 2.39. The van der Waals surface area contributed by atoms with Gasteiger partial charge in [-0.3, -0.25) is 0 Å². The van der Waals surface area contributed by atoms with Crippen LogP contribution in [0.4, 0.5) is 14.5 Å². The number of hydrogen-bond donors (Lipinski definition) is 1. The third-order valence-electron chi connectivity index (χ3n) is 2.95. The number of halogens is 2. The van der Waals surface area contributed by atoms with Crippen LogP contribution in [0.2, 0.25) is 0 Å². The van der Waals surface area contributed by atoms with Crippen molar-refractivity contribution >= 4 is 15.5 Å². The van der Waals surface area contributed by atoms with Crippen molar-refractivity contribution in [1.29, 1.82) is 0 Å². The van der Waals surface area contributed by atoms with Crippen molar-refractivity contribution < 1.29 is 21.9 Å². The van der Waals surface area contributed by atoms with Gasteiger partial charge in [-0.15, -0.1) is 0 Å². The van der Waals surface area contributed by atoms with Gasteiger partial charge in [-0.05, 0) is 24.3 Å². The normalized spacial score (nSPS) is 11.9. The minimum Gasteiger partial charge on any atom is -0.383 e. The van der Waals surface area contributed by atoms with Crippen molar-refractivity contribution in [3.05, 3.63) is 24.3 Å². The lowest BCUT2D eigenvalue weighted by molar-refractivity contribution is 0.200. The van der Waals surface area contributed by atoms with Crippen LogP contribution in [0.1, 0.15) is 0 Å². The van der Waals surface area contributed by atoms with E-state index >= 15 is 0 Å². The van der Waals surface area contributed by atoms with Crippen LogP contribution >= 0.6 is 0 Å². The van der Waals surface area contributed by atoms with Gasteiger partial charge >= 0.3 is 5.76 Å². The summed E-state index contributed by atoms with van der Waals surface area (Å²) >= 11 is 0. The molecular weight excluding hydrogens is 302 g/mol. The van der Waals surface area contributed by atoms with Gasteiger partial charge in [0, 0.05) is 39.5 Å². The molecule has 0 aliphatic heterocycles. The Bertz CT molecular complexity index is 521. The molecule has 120 valence electrons. The number of methoxy groups -OCH3 is 1. The molecule has 0 unspecified atom stereocenters. The molecule has 1 aromatic rings. The van der Waals surface area contributed by atoms with Crippen molar-refractivity contribution in [3.8, 4) is 0 Å². The van der Waals surface area contributed by atoms with Gasteiger partial charge in [-0.1, -0.05) is 0 Å². The molecule has 8 heteroatoms. The highest BCUT2D eigenvalue weighted by Crippen LogP contribution is 2.21. The van der Waals surface area contributed by atoms with Crippen LogP contribution in [0.25, 0.3) is 0 Å². The molecule has 0 aromatic heterocycles. The number of hydrogen-bond acceptors (Lipinski definition) is 5. The van der Waals surface area contributed by atoms with E-state index in [1.54, 1.807) is 7.11 Å². The average molecular weight is 322 g/mol. The molecular formula is C13H20F2N2O3S. The number of alkyl halides is 2.